The van der Waals surface area contributed by atoms with Crippen LogP contribution in [0.5, 0.6) is 5.75 Å². The average Bonchev–Trinajstić information content (AvgIpc) is 2.20. The van der Waals surface area contributed by atoms with Crippen LogP contribution in [-0.4, -0.2) is 13.7 Å². The molecule has 0 radical (unpaired) electrons. The van der Waals surface area contributed by atoms with Crippen molar-refractivity contribution in [2.45, 2.75) is 19.8 Å². The van der Waals surface area contributed by atoms with Crippen molar-refractivity contribution in [1.29, 1.82) is 0 Å². The first kappa shape index (κ1) is 11.3. The molecule has 2 nitrogen and oxygen atoms in total. The highest BCUT2D eigenvalue weighted by Gasteiger charge is 2.08. The SMILES string of the molecule is COc1ccc(Cl)c(C)c1CCCN. The second kappa shape index (κ2) is 5.23. The maximum Gasteiger partial charge on any atom is 0.122 e. The summed E-state index contributed by atoms with van der Waals surface area (Å²) in [7, 11) is 1.68. The molecule has 0 aliphatic heterocycles. The maximum atomic E-state index is 6.03. The van der Waals surface area contributed by atoms with Gasteiger partial charge in [0.25, 0.3) is 0 Å². The number of halogens is 1. The fourth-order valence-corrected chi connectivity index (χ4v) is 1.66. The van der Waals surface area contributed by atoms with E-state index in [1.165, 1.54) is 5.56 Å². The number of ether oxygens (including phenoxy) is 1. The standard InChI is InChI=1S/C11H16ClNO/c1-8-9(4-3-7-13)11(14-2)6-5-10(8)12/h5-6H,3-4,7,13H2,1-2H3. The van der Waals surface area contributed by atoms with E-state index in [0.29, 0.717) is 6.54 Å². The summed E-state index contributed by atoms with van der Waals surface area (Å²) < 4.78 is 5.28. The number of hydrogen-bond donors (Lipinski definition) is 1. The summed E-state index contributed by atoms with van der Waals surface area (Å²) in [6.07, 6.45) is 1.88. The van der Waals surface area contributed by atoms with E-state index in [2.05, 4.69) is 0 Å². The minimum absolute atomic E-state index is 0.690. The first-order chi connectivity index (χ1) is 6.70. The van der Waals surface area contributed by atoms with Gasteiger partial charge in [-0.25, -0.2) is 0 Å². The molecule has 0 unspecified atom stereocenters. The molecular formula is C11H16ClNO. The van der Waals surface area contributed by atoms with Crippen molar-refractivity contribution >= 4 is 11.6 Å². The Kier molecular flexibility index (Phi) is 4.23. The van der Waals surface area contributed by atoms with Gasteiger partial charge in [0.2, 0.25) is 0 Å². The molecule has 3 heteroatoms. The topological polar surface area (TPSA) is 35.2 Å². The Labute approximate surface area is 90.0 Å². The Morgan fingerprint density at radius 3 is 2.71 bits per heavy atom. The molecule has 0 aliphatic carbocycles. The number of nitrogens with two attached hydrogens (primary N) is 1. The molecule has 0 saturated carbocycles. The van der Waals surface area contributed by atoms with Gasteiger partial charge in [0.1, 0.15) is 5.75 Å². The van der Waals surface area contributed by atoms with Crippen LogP contribution in [-0.2, 0) is 6.42 Å². The van der Waals surface area contributed by atoms with Crippen LogP contribution in [0.3, 0.4) is 0 Å². The highest BCUT2D eigenvalue weighted by molar-refractivity contribution is 6.31. The third kappa shape index (κ3) is 2.40. The van der Waals surface area contributed by atoms with Crippen LogP contribution < -0.4 is 10.5 Å². The number of rotatable bonds is 4. The summed E-state index contributed by atoms with van der Waals surface area (Å²) in [4.78, 5) is 0. The highest BCUT2D eigenvalue weighted by Crippen LogP contribution is 2.28. The predicted octanol–water partition coefficient (Wildman–Crippen LogP) is 2.55. The minimum atomic E-state index is 0.690. The zero-order valence-corrected chi connectivity index (χ0v) is 9.40. The number of benzene rings is 1. The molecule has 0 spiro atoms. The fraction of sp³-hybridized carbons (Fsp3) is 0.455. The molecule has 0 fully saturated rings. The van der Waals surface area contributed by atoms with Crippen molar-refractivity contribution in [3.05, 3.63) is 28.3 Å². The van der Waals surface area contributed by atoms with Crippen LogP contribution in [0.1, 0.15) is 17.5 Å². The van der Waals surface area contributed by atoms with Gasteiger partial charge in [-0.3, -0.25) is 0 Å². The Bertz CT molecular complexity index is 312. The van der Waals surface area contributed by atoms with E-state index in [9.17, 15) is 0 Å². The second-order valence-electron chi connectivity index (χ2n) is 3.25. The van der Waals surface area contributed by atoms with Crippen LogP contribution in [0.4, 0.5) is 0 Å². The predicted molar refractivity (Wildman–Crippen MR) is 60.1 cm³/mol. The summed E-state index contributed by atoms with van der Waals surface area (Å²) in [5.41, 5.74) is 7.75. The van der Waals surface area contributed by atoms with Gasteiger partial charge in [0, 0.05) is 5.02 Å². The molecule has 0 aromatic heterocycles. The Morgan fingerprint density at radius 2 is 2.14 bits per heavy atom. The van der Waals surface area contributed by atoms with Crippen molar-refractivity contribution in [2.24, 2.45) is 5.73 Å². The monoisotopic (exact) mass is 213 g/mol. The summed E-state index contributed by atoms with van der Waals surface area (Å²) >= 11 is 6.03. The van der Waals surface area contributed by atoms with Crippen molar-refractivity contribution in [3.8, 4) is 5.75 Å². The molecule has 2 N–H and O–H groups in total. The summed E-state index contributed by atoms with van der Waals surface area (Å²) in [6, 6.07) is 3.77. The van der Waals surface area contributed by atoms with E-state index >= 15 is 0 Å². The zero-order chi connectivity index (χ0) is 10.6. The van der Waals surface area contributed by atoms with Crippen molar-refractivity contribution in [3.63, 3.8) is 0 Å². The van der Waals surface area contributed by atoms with E-state index in [0.717, 1.165) is 29.2 Å². The van der Waals surface area contributed by atoms with Crippen molar-refractivity contribution < 1.29 is 4.74 Å². The second-order valence-corrected chi connectivity index (χ2v) is 3.65. The van der Waals surface area contributed by atoms with Gasteiger partial charge in [0.05, 0.1) is 7.11 Å². The Balaban J connectivity index is 3.01. The molecule has 1 rings (SSSR count). The molecule has 14 heavy (non-hydrogen) atoms. The summed E-state index contributed by atoms with van der Waals surface area (Å²) in [6.45, 7) is 2.70. The molecule has 1 aromatic rings. The quantitative estimate of drug-likeness (QED) is 0.835. The average molecular weight is 214 g/mol. The third-order valence-electron chi connectivity index (χ3n) is 2.34. The van der Waals surface area contributed by atoms with Crippen LogP contribution in [0.25, 0.3) is 0 Å². The van der Waals surface area contributed by atoms with Crippen LogP contribution >= 0.6 is 11.6 Å². The van der Waals surface area contributed by atoms with E-state index in [1.807, 2.05) is 19.1 Å². The normalized spacial score (nSPS) is 10.3. The zero-order valence-electron chi connectivity index (χ0n) is 8.64. The van der Waals surface area contributed by atoms with Gasteiger partial charge in [-0.2, -0.15) is 0 Å². The lowest BCUT2D eigenvalue weighted by Crippen LogP contribution is -2.03. The molecule has 0 amide bonds. The molecule has 1 aromatic carbocycles. The van der Waals surface area contributed by atoms with Gasteiger partial charge in [-0.1, -0.05) is 11.6 Å². The van der Waals surface area contributed by atoms with E-state index in [1.54, 1.807) is 7.11 Å². The molecule has 0 aliphatic rings. The van der Waals surface area contributed by atoms with Crippen LogP contribution in [0.15, 0.2) is 12.1 Å². The summed E-state index contributed by atoms with van der Waals surface area (Å²) in [5.74, 6) is 0.903. The summed E-state index contributed by atoms with van der Waals surface area (Å²) in [5, 5.41) is 0.790. The lowest BCUT2D eigenvalue weighted by Gasteiger charge is -2.12. The Hall–Kier alpha value is -0.730. The third-order valence-corrected chi connectivity index (χ3v) is 2.75. The molecule has 0 atom stereocenters. The number of methoxy groups -OCH3 is 1. The van der Waals surface area contributed by atoms with Gasteiger partial charge in [-0.05, 0) is 49.6 Å². The maximum absolute atomic E-state index is 6.03. The van der Waals surface area contributed by atoms with Crippen molar-refractivity contribution in [1.82, 2.24) is 0 Å². The van der Waals surface area contributed by atoms with Gasteiger partial charge >= 0.3 is 0 Å². The first-order valence-electron chi connectivity index (χ1n) is 4.72. The lowest BCUT2D eigenvalue weighted by molar-refractivity contribution is 0.408. The minimum Gasteiger partial charge on any atom is -0.496 e. The van der Waals surface area contributed by atoms with Gasteiger partial charge in [-0.15, -0.1) is 0 Å². The van der Waals surface area contributed by atoms with Gasteiger partial charge < -0.3 is 10.5 Å². The van der Waals surface area contributed by atoms with E-state index < -0.39 is 0 Å². The first-order valence-corrected chi connectivity index (χ1v) is 5.10. The molecule has 0 saturated heterocycles. The van der Waals surface area contributed by atoms with Gasteiger partial charge in [0.15, 0.2) is 0 Å². The molecule has 78 valence electrons. The van der Waals surface area contributed by atoms with E-state index in [4.69, 9.17) is 22.1 Å². The number of hydrogen-bond acceptors (Lipinski definition) is 2. The highest BCUT2D eigenvalue weighted by atomic mass is 35.5. The smallest absolute Gasteiger partial charge is 0.122 e. The molecular weight excluding hydrogens is 198 g/mol. The van der Waals surface area contributed by atoms with E-state index in [-0.39, 0.29) is 0 Å². The van der Waals surface area contributed by atoms with Crippen molar-refractivity contribution in [2.75, 3.05) is 13.7 Å². The lowest BCUT2D eigenvalue weighted by atomic mass is 10.0. The largest absolute Gasteiger partial charge is 0.496 e. The Morgan fingerprint density at radius 1 is 1.43 bits per heavy atom. The molecule has 0 heterocycles. The fourth-order valence-electron chi connectivity index (χ4n) is 1.48. The van der Waals surface area contributed by atoms with Crippen LogP contribution in [0, 0.1) is 6.92 Å². The molecule has 0 bridgehead atoms. The van der Waals surface area contributed by atoms with Crippen LogP contribution in [0.2, 0.25) is 5.02 Å².